The molecule has 0 aliphatic heterocycles. The predicted octanol–water partition coefficient (Wildman–Crippen LogP) is 4.32. The highest BCUT2D eigenvalue weighted by molar-refractivity contribution is 7.16. The van der Waals surface area contributed by atoms with Gasteiger partial charge in [-0.1, -0.05) is 29.8 Å². The first-order valence-corrected chi connectivity index (χ1v) is 8.84. The molecule has 0 fully saturated rings. The van der Waals surface area contributed by atoms with Crippen LogP contribution in [0.3, 0.4) is 0 Å². The van der Waals surface area contributed by atoms with Crippen molar-refractivity contribution in [1.29, 1.82) is 5.26 Å². The number of anilines is 1. The molecule has 1 heterocycles. The Balaban J connectivity index is 1.61. The van der Waals surface area contributed by atoms with E-state index in [0.717, 1.165) is 16.1 Å². The Hall–Kier alpha value is -3.17. The van der Waals surface area contributed by atoms with Gasteiger partial charge in [0.25, 0.3) is 5.91 Å². The lowest BCUT2D eigenvalue weighted by molar-refractivity contribution is -0.118. The van der Waals surface area contributed by atoms with Gasteiger partial charge in [0, 0.05) is 10.4 Å². The maximum atomic E-state index is 12.1. The number of benzene rings is 2. The normalized spacial score (nSPS) is 10.2. The van der Waals surface area contributed by atoms with Gasteiger partial charge in [-0.15, -0.1) is 11.3 Å². The lowest BCUT2D eigenvalue weighted by Gasteiger charge is -2.05. The summed E-state index contributed by atoms with van der Waals surface area (Å²) in [6.07, 6.45) is 0. The quantitative estimate of drug-likeness (QED) is 0.733. The fourth-order valence-corrected chi connectivity index (χ4v) is 3.21. The van der Waals surface area contributed by atoms with Crippen LogP contribution in [0.5, 0.6) is 5.75 Å². The predicted molar refractivity (Wildman–Crippen MR) is 102 cm³/mol. The Bertz CT molecular complexity index is 954. The zero-order valence-electron chi connectivity index (χ0n) is 14.4. The number of aromatic nitrogens is 1. The van der Waals surface area contributed by atoms with Crippen LogP contribution in [0, 0.1) is 25.2 Å². The Labute approximate surface area is 155 Å². The smallest absolute Gasteiger partial charge is 0.264 e. The minimum atomic E-state index is -0.279. The van der Waals surface area contributed by atoms with Crippen LogP contribution >= 0.6 is 11.3 Å². The van der Waals surface area contributed by atoms with Crippen LogP contribution in [0.15, 0.2) is 48.5 Å². The van der Waals surface area contributed by atoms with Crippen molar-refractivity contribution in [2.75, 3.05) is 11.9 Å². The summed E-state index contributed by atoms with van der Waals surface area (Å²) >= 11 is 1.43. The van der Waals surface area contributed by atoms with Gasteiger partial charge >= 0.3 is 0 Å². The number of carbonyl (C=O) groups excluding carboxylic acids is 1. The zero-order valence-corrected chi connectivity index (χ0v) is 15.3. The van der Waals surface area contributed by atoms with Crippen LogP contribution in [0.25, 0.3) is 11.3 Å². The van der Waals surface area contributed by atoms with E-state index in [9.17, 15) is 4.79 Å². The summed E-state index contributed by atoms with van der Waals surface area (Å²) in [6, 6.07) is 16.8. The van der Waals surface area contributed by atoms with Gasteiger partial charge in [-0.2, -0.15) is 5.26 Å². The molecule has 0 aliphatic rings. The minimum Gasteiger partial charge on any atom is -0.484 e. The fraction of sp³-hybridized carbons (Fsp3) is 0.150. The zero-order chi connectivity index (χ0) is 18.5. The third kappa shape index (κ3) is 4.26. The molecule has 3 aromatic rings. The molecule has 0 atom stereocenters. The van der Waals surface area contributed by atoms with Crippen LogP contribution in [0.1, 0.15) is 16.0 Å². The Kier molecular flexibility index (Phi) is 5.30. The second-order valence-electron chi connectivity index (χ2n) is 5.76. The Morgan fingerprint density at radius 2 is 1.85 bits per heavy atom. The molecule has 1 amide bonds. The minimum absolute atomic E-state index is 0.121. The van der Waals surface area contributed by atoms with E-state index in [-0.39, 0.29) is 12.5 Å². The molecule has 1 aromatic heterocycles. The number of carbonyl (C=O) groups is 1. The average molecular weight is 363 g/mol. The topological polar surface area (TPSA) is 75.0 Å². The third-order valence-electron chi connectivity index (χ3n) is 3.72. The van der Waals surface area contributed by atoms with Gasteiger partial charge in [0.05, 0.1) is 17.3 Å². The SMILES string of the molecule is Cc1ccc(-c2nc(NC(=O)COc3ccc(C#N)cc3)sc2C)cc1. The molecule has 0 saturated carbocycles. The largest absolute Gasteiger partial charge is 0.484 e. The lowest BCUT2D eigenvalue weighted by atomic mass is 10.1. The summed E-state index contributed by atoms with van der Waals surface area (Å²) in [7, 11) is 0. The van der Waals surface area contributed by atoms with Gasteiger partial charge in [-0.25, -0.2) is 4.98 Å². The summed E-state index contributed by atoms with van der Waals surface area (Å²) in [6.45, 7) is 3.90. The van der Waals surface area contributed by atoms with Gasteiger partial charge in [0.15, 0.2) is 11.7 Å². The van der Waals surface area contributed by atoms with E-state index in [1.165, 1.54) is 16.9 Å². The maximum Gasteiger partial charge on any atom is 0.264 e. The van der Waals surface area contributed by atoms with Crippen LogP contribution < -0.4 is 10.1 Å². The molecule has 0 bridgehead atoms. The van der Waals surface area contributed by atoms with E-state index < -0.39 is 0 Å². The number of nitriles is 1. The van der Waals surface area contributed by atoms with Gasteiger partial charge in [-0.3, -0.25) is 10.1 Å². The molecule has 2 aromatic carbocycles. The van der Waals surface area contributed by atoms with Gasteiger partial charge in [0.1, 0.15) is 5.75 Å². The van der Waals surface area contributed by atoms with E-state index >= 15 is 0 Å². The van der Waals surface area contributed by atoms with Gasteiger partial charge in [0.2, 0.25) is 0 Å². The summed E-state index contributed by atoms with van der Waals surface area (Å²) in [4.78, 5) is 17.7. The second kappa shape index (κ2) is 7.81. The van der Waals surface area contributed by atoms with Crippen LogP contribution in [0.2, 0.25) is 0 Å². The number of amides is 1. The molecule has 0 aliphatic carbocycles. The van der Waals surface area contributed by atoms with E-state index in [2.05, 4.69) is 10.3 Å². The first-order chi connectivity index (χ1) is 12.5. The molecule has 0 spiro atoms. The summed E-state index contributed by atoms with van der Waals surface area (Å²) < 4.78 is 5.43. The molecule has 26 heavy (non-hydrogen) atoms. The number of hydrogen-bond acceptors (Lipinski definition) is 5. The number of nitrogens with zero attached hydrogens (tertiary/aromatic N) is 2. The van der Waals surface area contributed by atoms with E-state index in [1.54, 1.807) is 24.3 Å². The molecular formula is C20H17N3O2S. The van der Waals surface area contributed by atoms with Crippen LogP contribution in [0.4, 0.5) is 5.13 Å². The van der Waals surface area contributed by atoms with Crippen molar-refractivity contribution in [1.82, 2.24) is 4.98 Å². The van der Waals surface area contributed by atoms with E-state index in [1.807, 2.05) is 44.2 Å². The molecule has 0 radical (unpaired) electrons. The molecule has 5 nitrogen and oxygen atoms in total. The lowest BCUT2D eigenvalue weighted by Crippen LogP contribution is -2.20. The standard InChI is InChI=1S/C20H17N3O2S/c1-13-3-7-16(8-4-13)19-14(2)26-20(23-19)22-18(24)12-25-17-9-5-15(11-21)6-10-17/h3-10H,12H2,1-2H3,(H,22,23,24). The van der Waals surface area contributed by atoms with Crippen molar-refractivity contribution in [3.05, 3.63) is 64.5 Å². The van der Waals surface area contributed by atoms with Crippen molar-refractivity contribution >= 4 is 22.4 Å². The number of rotatable bonds is 5. The molecule has 0 saturated heterocycles. The molecule has 130 valence electrons. The maximum absolute atomic E-state index is 12.1. The number of nitrogens with one attached hydrogen (secondary N) is 1. The highest BCUT2D eigenvalue weighted by atomic mass is 32.1. The van der Waals surface area contributed by atoms with Crippen LogP contribution in [-0.2, 0) is 4.79 Å². The Morgan fingerprint density at radius 1 is 1.15 bits per heavy atom. The second-order valence-corrected chi connectivity index (χ2v) is 6.97. The number of thiazole rings is 1. The summed E-state index contributed by atoms with van der Waals surface area (Å²) in [5, 5.41) is 12.1. The average Bonchev–Trinajstić information content (AvgIpc) is 3.01. The molecular weight excluding hydrogens is 346 g/mol. The number of aryl methyl sites for hydroxylation is 2. The first-order valence-electron chi connectivity index (χ1n) is 8.02. The summed E-state index contributed by atoms with van der Waals surface area (Å²) in [5.74, 6) is 0.258. The summed E-state index contributed by atoms with van der Waals surface area (Å²) in [5.41, 5.74) is 3.63. The molecule has 0 unspecified atom stereocenters. The monoisotopic (exact) mass is 363 g/mol. The van der Waals surface area contributed by atoms with Crippen molar-refractivity contribution in [2.24, 2.45) is 0 Å². The fourth-order valence-electron chi connectivity index (χ4n) is 2.36. The van der Waals surface area contributed by atoms with E-state index in [4.69, 9.17) is 10.00 Å². The highest BCUT2D eigenvalue weighted by Crippen LogP contribution is 2.30. The van der Waals surface area contributed by atoms with Gasteiger partial charge in [-0.05, 0) is 38.1 Å². The highest BCUT2D eigenvalue weighted by Gasteiger charge is 2.12. The number of hydrogen-bond donors (Lipinski definition) is 1. The third-order valence-corrected chi connectivity index (χ3v) is 4.61. The molecule has 3 rings (SSSR count). The van der Waals surface area contributed by atoms with Crippen LogP contribution in [-0.4, -0.2) is 17.5 Å². The molecule has 1 N–H and O–H groups in total. The first kappa shape index (κ1) is 17.6. The van der Waals surface area contributed by atoms with E-state index in [0.29, 0.717) is 16.4 Å². The Morgan fingerprint density at radius 3 is 2.50 bits per heavy atom. The number of ether oxygens (including phenoxy) is 1. The van der Waals surface area contributed by atoms with Crippen molar-refractivity contribution in [3.63, 3.8) is 0 Å². The van der Waals surface area contributed by atoms with Crippen molar-refractivity contribution in [3.8, 4) is 23.1 Å². The van der Waals surface area contributed by atoms with Crippen molar-refractivity contribution < 1.29 is 9.53 Å². The van der Waals surface area contributed by atoms with Crippen molar-refractivity contribution in [2.45, 2.75) is 13.8 Å². The molecule has 6 heteroatoms. The van der Waals surface area contributed by atoms with Gasteiger partial charge < -0.3 is 4.74 Å².